The van der Waals surface area contributed by atoms with Gasteiger partial charge in [-0.3, -0.25) is 18.9 Å². The van der Waals surface area contributed by atoms with Crippen molar-refractivity contribution in [2.75, 3.05) is 18.5 Å². The summed E-state index contributed by atoms with van der Waals surface area (Å²) in [5.41, 5.74) is 1.41. The van der Waals surface area contributed by atoms with Crippen LogP contribution in [0.2, 0.25) is 5.02 Å². The lowest BCUT2D eigenvalue weighted by Crippen LogP contribution is -2.40. The van der Waals surface area contributed by atoms with Crippen molar-refractivity contribution >= 4 is 34.4 Å². The van der Waals surface area contributed by atoms with E-state index in [0.717, 1.165) is 35.9 Å². The van der Waals surface area contributed by atoms with Gasteiger partial charge in [0.15, 0.2) is 0 Å². The smallest absolute Gasteiger partial charge is 0.333 e. The lowest BCUT2D eigenvalue weighted by Gasteiger charge is -2.29. The number of aromatic nitrogens is 4. The summed E-state index contributed by atoms with van der Waals surface area (Å²) in [6, 6.07) is 12.8. The topological polar surface area (TPSA) is 103 Å². The van der Waals surface area contributed by atoms with Gasteiger partial charge in [0, 0.05) is 18.8 Å². The first-order chi connectivity index (χ1) is 19.9. The number of ether oxygens (including phenoxy) is 1. The number of nitrogens with one attached hydrogen (secondary N) is 2. The number of hydrogen-bond donors (Lipinski definition) is 2. The van der Waals surface area contributed by atoms with E-state index in [1.807, 2.05) is 41.0 Å². The molecule has 3 aromatic heterocycles. The Morgan fingerprint density at radius 1 is 1.02 bits per heavy atom. The zero-order valence-electron chi connectivity index (χ0n) is 22.1. The Hall–Kier alpha value is -3.83. The summed E-state index contributed by atoms with van der Waals surface area (Å²) in [5, 5.41) is 6.30. The molecular weight excluding hydrogens is 554 g/mol. The minimum atomic E-state index is -2.88. The van der Waals surface area contributed by atoms with E-state index in [4.69, 9.17) is 16.3 Å². The summed E-state index contributed by atoms with van der Waals surface area (Å²) in [6.07, 6.45) is 2.83. The molecule has 12 heteroatoms. The van der Waals surface area contributed by atoms with E-state index in [1.165, 1.54) is 6.07 Å². The van der Waals surface area contributed by atoms with E-state index in [2.05, 4.69) is 20.6 Å². The molecule has 0 spiro atoms. The molecule has 9 nitrogen and oxygen atoms in total. The molecule has 4 aromatic rings. The lowest BCUT2D eigenvalue weighted by atomic mass is 9.85. The normalized spacial score (nSPS) is 19.3. The molecule has 2 aliphatic rings. The third-order valence-corrected chi connectivity index (χ3v) is 8.00. The first-order valence-corrected chi connectivity index (χ1v) is 14.0. The molecule has 2 N–H and O–H groups in total. The molecule has 41 heavy (non-hydrogen) atoms. The van der Waals surface area contributed by atoms with Gasteiger partial charge in [0.1, 0.15) is 11.5 Å². The predicted molar refractivity (Wildman–Crippen MR) is 151 cm³/mol. The van der Waals surface area contributed by atoms with Crippen LogP contribution in [0.5, 0.6) is 0 Å². The molecule has 1 saturated carbocycles. The molecule has 4 heterocycles. The molecule has 0 unspecified atom stereocenters. The number of alkyl halides is 2. The molecule has 1 aliphatic carbocycles. The van der Waals surface area contributed by atoms with E-state index in [1.54, 1.807) is 10.8 Å². The highest BCUT2D eigenvalue weighted by atomic mass is 35.5. The SMILES string of the molecule is O=C(NC1CCC(Cn2c(=O)n(-c3ccc(NC4COC4)nc3)c3ccccc32)CC1)c1cc(Cl)cnc1C(F)F. The summed E-state index contributed by atoms with van der Waals surface area (Å²) in [4.78, 5) is 34.6. The molecule has 1 aromatic carbocycles. The number of anilines is 1. The maximum absolute atomic E-state index is 13.7. The molecule has 2 fully saturated rings. The first kappa shape index (κ1) is 27.3. The van der Waals surface area contributed by atoms with Gasteiger partial charge in [-0.1, -0.05) is 23.7 Å². The summed E-state index contributed by atoms with van der Waals surface area (Å²) >= 11 is 5.90. The molecule has 1 saturated heterocycles. The van der Waals surface area contributed by atoms with Crippen molar-refractivity contribution in [2.24, 2.45) is 5.92 Å². The molecule has 0 radical (unpaired) electrons. The van der Waals surface area contributed by atoms with Gasteiger partial charge >= 0.3 is 5.69 Å². The second-order valence-electron chi connectivity index (χ2n) is 10.6. The molecule has 0 atom stereocenters. The van der Waals surface area contributed by atoms with Crippen LogP contribution in [-0.2, 0) is 11.3 Å². The predicted octanol–water partition coefficient (Wildman–Crippen LogP) is 4.97. The Balaban J connectivity index is 1.14. The van der Waals surface area contributed by atoms with E-state index in [9.17, 15) is 18.4 Å². The zero-order valence-corrected chi connectivity index (χ0v) is 22.9. The highest BCUT2D eigenvalue weighted by Crippen LogP contribution is 2.29. The van der Waals surface area contributed by atoms with Crippen LogP contribution in [0.15, 0.2) is 59.7 Å². The van der Waals surface area contributed by atoms with Gasteiger partial charge in [-0.2, -0.15) is 0 Å². The van der Waals surface area contributed by atoms with Gasteiger partial charge in [0.25, 0.3) is 12.3 Å². The molecule has 214 valence electrons. The Morgan fingerprint density at radius 3 is 2.44 bits per heavy atom. The van der Waals surface area contributed by atoms with Crippen molar-refractivity contribution in [3.05, 3.63) is 81.6 Å². The van der Waals surface area contributed by atoms with E-state index in [0.29, 0.717) is 38.3 Å². The van der Waals surface area contributed by atoms with Crippen LogP contribution in [0.4, 0.5) is 14.6 Å². The van der Waals surface area contributed by atoms with Crippen molar-refractivity contribution in [3.63, 3.8) is 0 Å². The number of pyridine rings is 2. The van der Waals surface area contributed by atoms with Crippen LogP contribution in [0.1, 0.15) is 48.2 Å². The Morgan fingerprint density at radius 2 is 1.78 bits per heavy atom. The average Bonchev–Trinajstić information content (AvgIpc) is 3.22. The number of hydrogen-bond acceptors (Lipinski definition) is 6. The van der Waals surface area contributed by atoms with E-state index < -0.39 is 18.0 Å². The lowest BCUT2D eigenvalue weighted by molar-refractivity contribution is 0.0209. The summed E-state index contributed by atoms with van der Waals surface area (Å²) in [5.74, 6) is 0.354. The number of imidazole rings is 1. The van der Waals surface area contributed by atoms with Crippen LogP contribution < -0.4 is 16.3 Å². The number of para-hydroxylation sites is 2. The van der Waals surface area contributed by atoms with Gasteiger partial charge in [-0.15, -0.1) is 0 Å². The zero-order chi connectivity index (χ0) is 28.5. The standard InChI is InChI=1S/C29H29ClF2N6O3/c30-18-11-22(26(27(31)32)34-12-18)28(39)36-19-7-5-17(6-8-19)14-37-23-3-1-2-4-24(23)38(29(37)40)21-9-10-25(33-13-21)35-20-15-41-16-20/h1-4,9-13,17,19-20,27H,5-8,14-16H2,(H,33,35)(H,36,39). The third kappa shape index (κ3) is 5.69. The molecule has 0 bridgehead atoms. The second-order valence-corrected chi connectivity index (χ2v) is 11.0. The Bertz CT molecular complexity index is 1610. The Labute approximate surface area is 239 Å². The van der Waals surface area contributed by atoms with Crippen LogP contribution in [-0.4, -0.2) is 50.3 Å². The van der Waals surface area contributed by atoms with Crippen molar-refractivity contribution in [1.29, 1.82) is 0 Å². The third-order valence-electron chi connectivity index (χ3n) is 7.79. The van der Waals surface area contributed by atoms with E-state index >= 15 is 0 Å². The second kappa shape index (κ2) is 11.6. The fourth-order valence-electron chi connectivity index (χ4n) is 5.58. The van der Waals surface area contributed by atoms with Crippen LogP contribution in [0, 0.1) is 5.92 Å². The first-order valence-electron chi connectivity index (χ1n) is 13.6. The summed E-state index contributed by atoms with van der Waals surface area (Å²) < 4.78 is 35.4. The van der Waals surface area contributed by atoms with Gasteiger partial charge in [-0.25, -0.2) is 18.6 Å². The Kier molecular flexibility index (Phi) is 7.72. The minimum Gasteiger partial charge on any atom is -0.377 e. The summed E-state index contributed by atoms with van der Waals surface area (Å²) in [6.45, 7) is 1.85. The van der Waals surface area contributed by atoms with Crippen LogP contribution in [0.25, 0.3) is 16.7 Å². The van der Waals surface area contributed by atoms with Gasteiger partial charge in [0.05, 0.1) is 52.8 Å². The summed E-state index contributed by atoms with van der Waals surface area (Å²) in [7, 11) is 0. The molecule has 6 rings (SSSR count). The number of fused-ring (bicyclic) bond motifs is 1. The van der Waals surface area contributed by atoms with Crippen molar-refractivity contribution in [2.45, 2.75) is 50.7 Å². The fraction of sp³-hybridized carbons (Fsp3) is 0.379. The number of rotatable bonds is 8. The minimum absolute atomic E-state index is 0.125. The average molecular weight is 583 g/mol. The number of carbonyl (C=O) groups excluding carboxylic acids is 1. The molecular formula is C29H29ClF2N6O3. The number of halogens is 3. The van der Waals surface area contributed by atoms with E-state index in [-0.39, 0.29) is 34.3 Å². The van der Waals surface area contributed by atoms with Crippen LogP contribution >= 0.6 is 11.6 Å². The quantitative estimate of drug-likeness (QED) is 0.304. The van der Waals surface area contributed by atoms with Crippen LogP contribution in [0.3, 0.4) is 0 Å². The highest BCUT2D eigenvalue weighted by molar-refractivity contribution is 6.30. The van der Waals surface area contributed by atoms with Gasteiger partial charge in [0.2, 0.25) is 0 Å². The molecule has 1 amide bonds. The number of nitrogens with zero attached hydrogens (tertiary/aromatic N) is 4. The number of amides is 1. The maximum atomic E-state index is 13.7. The number of carbonyl (C=O) groups is 1. The number of benzene rings is 1. The van der Waals surface area contributed by atoms with Gasteiger partial charge in [-0.05, 0) is 61.9 Å². The van der Waals surface area contributed by atoms with Crippen molar-refractivity contribution < 1.29 is 18.3 Å². The molecule has 1 aliphatic heterocycles. The maximum Gasteiger partial charge on any atom is 0.333 e. The van der Waals surface area contributed by atoms with Gasteiger partial charge < -0.3 is 15.4 Å². The largest absolute Gasteiger partial charge is 0.377 e. The van der Waals surface area contributed by atoms with Crippen molar-refractivity contribution in [1.82, 2.24) is 24.4 Å². The fourth-order valence-corrected chi connectivity index (χ4v) is 5.74. The van der Waals surface area contributed by atoms with Crippen molar-refractivity contribution in [3.8, 4) is 5.69 Å². The monoisotopic (exact) mass is 582 g/mol. The highest BCUT2D eigenvalue weighted by Gasteiger charge is 2.27.